The molecule has 1 saturated carbocycles. The second kappa shape index (κ2) is 7.20. The molecule has 3 aliphatic rings. The molecule has 2 aromatic heterocycles. The molecule has 7 nitrogen and oxygen atoms in total. The van der Waals surface area contributed by atoms with Gasteiger partial charge in [-0.25, -0.2) is 0 Å². The molecule has 2 aliphatic carbocycles. The zero-order valence-electron chi connectivity index (χ0n) is 17.4. The van der Waals surface area contributed by atoms with Gasteiger partial charge >= 0.3 is 0 Å². The molecule has 0 bridgehead atoms. The van der Waals surface area contributed by atoms with Crippen molar-refractivity contribution in [2.45, 2.75) is 76.9 Å². The largest absolute Gasteiger partial charge is 0.381 e. The number of rotatable bonds is 4. The molecule has 0 aromatic carbocycles. The predicted molar refractivity (Wildman–Crippen MR) is 110 cm³/mol. The number of aryl methyl sites for hydroxylation is 2. The average molecular weight is 398 g/mol. The fourth-order valence-electron chi connectivity index (χ4n) is 5.36. The first-order chi connectivity index (χ1) is 14.0. The number of ether oxygens (including phenoxy) is 1. The van der Waals surface area contributed by atoms with Gasteiger partial charge < -0.3 is 20.0 Å². The number of amides is 1. The van der Waals surface area contributed by atoms with Gasteiger partial charge in [0.1, 0.15) is 0 Å². The average Bonchev–Trinajstić information content (AvgIpc) is 3.39. The van der Waals surface area contributed by atoms with Crippen LogP contribution >= 0.6 is 0 Å². The molecule has 0 spiro atoms. The Morgan fingerprint density at radius 3 is 2.66 bits per heavy atom. The lowest BCUT2D eigenvalue weighted by Crippen LogP contribution is -2.45. The molecule has 2 N–H and O–H groups in total. The van der Waals surface area contributed by atoms with E-state index in [1.807, 2.05) is 6.20 Å². The maximum absolute atomic E-state index is 13.8. The molecule has 29 heavy (non-hydrogen) atoms. The molecule has 3 heterocycles. The van der Waals surface area contributed by atoms with Gasteiger partial charge in [-0.2, -0.15) is 9.89 Å². The molecular formula is C22H31N5O2. The third-order valence-corrected chi connectivity index (χ3v) is 6.90. The highest BCUT2D eigenvalue weighted by Gasteiger charge is 2.40. The Labute approximate surface area is 171 Å². The molecular weight excluding hydrogens is 366 g/mol. The van der Waals surface area contributed by atoms with Gasteiger partial charge in [-0.3, -0.25) is 4.79 Å². The second-order valence-corrected chi connectivity index (χ2v) is 8.92. The maximum atomic E-state index is 13.8. The Kier molecular flexibility index (Phi) is 4.65. The van der Waals surface area contributed by atoms with Gasteiger partial charge in [0.2, 0.25) is 0 Å². The summed E-state index contributed by atoms with van der Waals surface area (Å²) in [5.74, 6) is 6.03. The number of nitrogen functional groups attached to an aromatic ring is 1. The third kappa shape index (κ3) is 3.35. The number of carbonyl (C=O) groups is 1. The van der Waals surface area contributed by atoms with Crippen molar-refractivity contribution < 1.29 is 9.53 Å². The summed E-state index contributed by atoms with van der Waals surface area (Å²) in [7, 11) is 0. The van der Waals surface area contributed by atoms with Crippen molar-refractivity contribution in [1.82, 2.24) is 19.4 Å². The van der Waals surface area contributed by atoms with E-state index in [-0.39, 0.29) is 11.9 Å². The minimum absolute atomic E-state index is 0.201. The summed E-state index contributed by atoms with van der Waals surface area (Å²) in [4.78, 5) is 17.4. The Balaban J connectivity index is 1.42. The number of hydrogen-bond donors (Lipinski definition) is 1. The van der Waals surface area contributed by atoms with Gasteiger partial charge in [0.05, 0.1) is 17.5 Å². The molecule has 5 rings (SSSR count). The number of nitrogens with two attached hydrogens (primary N) is 1. The van der Waals surface area contributed by atoms with Crippen LogP contribution in [0, 0.1) is 13.8 Å². The fraction of sp³-hybridized carbons (Fsp3) is 0.636. The van der Waals surface area contributed by atoms with Gasteiger partial charge in [-0.1, -0.05) is 0 Å². The van der Waals surface area contributed by atoms with E-state index in [0.29, 0.717) is 12.1 Å². The topological polar surface area (TPSA) is 78.3 Å². The van der Waals surface area contributed by atoms with Crippen molar-refractivity contribution in [3.8, 4) is 0 Å². The zero-order valence-corrected chi connectivity index (χ0v) is 17.4. The van der Waals surface area contributed by atoms with Crippen LogP contribution in [-0.2, 0) is 17.6 Å². The van der Waals surface area contributed by atoms with Crippen LogP contribution in [0.4, 0.5) is 0 Å². The van der Waals surface area contributed by atoms with Gasteiger partial charge in [-0.05, 0) is 70.4 Å². The quantitative estimate of drug-likeness (QED) is 0.804. The first-order valence-electron chi connectivity index (χ1n) is 10.9. The smallest absolute Gasteiger partial charge is 0.256 e. The van der Waals surface area contributed by atoms with E-state index in [9.17, 15) is 4.79 Å². The highest BCUT2D eigenvalue weighted by Crippen LogP contribution is 2.36. The summed E-state index contributed by atoms with van der Waals surface area (Å²) in [6, 6.07) is 3.16. The van der Waals surface area contributed by atoms with Crippen molar-refractivity contribution in [1.29, 1.82) is 0 Å². The molecule has 156 valence electrons. The van der Waals surface area contributed by atoms with Crippen LogP contribution in [0.15, 0.2) is 12.3 Å². The lowest BCUT2D eigenvalue weighted by Gasteiger charge is -2.34. The normalized spacial score (nSPS) is 22.5. The van der Waals surface area contributed by atoms with E-state index < -0.39 is 0 Å². The molecule has 2 aromatic rings. The minimum atomic E-state index is 0.201. The van der Waals surface area contributed by atoms with E-state index in [1.54, 1.807) is 0 Å². The van der Waals surface area contributed by atoms with Crippen molar-refractivity contribution >= 4 is 5.91 Å². The van der Waals surface area contributed by atoms with Crippen LogP contribution in [0.25, 0.3) is 0 Å². The molecule has 2 fully saturated rings. The summed E-state index contributed by atoms with van der Waals surface area (Å²) in [6.45, 7) is 5.85. The molecule has 1 atom stereocenters. The van der Waals surface area contributed by atoms with E-state index in [4.69, 9.17) is 10.6 Å². The third-order valence-electron chi connectivity index (χ3n) is 6.90. The maximum Gasteiger partial charge on any atom is 0.256 e. The Bertz CT molecular complexity index is 920. The van der Waals surface area contributed by atoms with Gasteiger partial charge in [0, 0.05) is 42.7 Å². The van der Waals surface area contributed by atoms with Crippen molar-refractivity contribution in [3.05, 3.63) is 40.5 Å². The Hall–Kier alpha value is -2.28. The highest BCUT2D eigenvalue weighted by molar-refractivity contribution is 5.96. The lowest BCUT2D eigenvalue weighted by atomic mass is 9.91. The van der Waals surface area contributed by atoms with Crippen molar-refractivity contribution in [3.63, 3.8) is 0 Å². The molecule has 1 aliphatic heterocycles. The first-order valence-corrected chi connectivity index (χ1v) is 10.9. The van der Waals surface area contributed by atoms with Crippen LogP contribution in [0.3, 0.4) is 0 Å². The van der Waals surface area contributed by atoms with E-state index in [2.05, 4.69) is 34.5 Å². The number of carbonyl (C=O) groups excluding carboxylic acids is 1. The molecule has 1 unspecified atom stereocenters. The summed E-state index contributed by atoms with van der Waals surface area (Å²) in [6.07, 6.45) is 8.89. The SMILES string of the molecule is Cc1cc(C(=O)N(C2CC2)C2CCc3nn(N)cc3C2)c(C)n1C1CCOCC1. The number of nitrogens with zero attached hydrogens (tertiary/aromatic N) is 4. The number of fused-ring (bicyclic) bond motifs is 1. The van der Waals surface area contributed by atoms with Crippen LogP contribution in [0.5, 0.6) is 0 Å². The monoisotopic (exact) mass is 397 g/mol. The Morgan fingerprint density at radius 2 is 1.93 bits per heavy atom. The summed E-state index contributed by atoms with van der Waals surface area (Å²) < 4.78 is 7.91. The molecule has 0 radical (unpaired) electrons. The summed E-state index contributed by atoms with van der Waals surface area (Å²) in [5.41, 5.74) is 5.45. The molecule has 7 heteroatoms. The van der Waals surface area contributed by atoms with Crippen LogP contribution in [-0.4, -0.2) is 50.6 Å². The molecule has 1 amide bonds. The lowest BCUT2D eigenvalue weighted by molar-refractivity contribution is 0.0638. The fourth-order valence-corrected chi connectivity index (χ4v) is 5.36. The zero-order chi connectivity index (χ0) is 20.1. The van der Waals surface area contributed by atoms with Gasteiger partial charge in [0.15, 0.2) is 0 Å². The van der Waals surface area contributed by atoms with E-state index in [1.165, 1.54) is 16.0 Å². The Morgan fingerprint density at radius 1 is 1.17 bits per heavy atom. The summed E-state index contributed by atoms with van der Waals surface area (Å²) >= 11 is 0. The van der Waals surface area contributed by atoms with Crippen molar-refractivity contribution in [2.24, 2.45) is 0 Å². The van der Waals surface area contributed by atoms with Crippen molar-refractivity contribution in [2.75, 3.05) is 19.1 Å². The van der Waals surface area contributed by atoms with Crippen LogP contribution in [0.2, 0.25) is 0 Å². The van der Waals surface area contributed by atoms with Crippen LogP contribution < -0.4 is 5.84 Å². The van der Waals surface area contributed by atoms with Gasteiger partial charge in [0.25, 0.3) is 5.91 Å². The van der Waals surface area contributed by atoms with E-state index >= 15 is 0 Å². The second-order valence-electron chi connectivity index (χ2n) is 8.92. The minimum Gasteiger partial charge on any atom is -0.381 e. The van der Waals surface area contributed by atoms with Gasteiger partial charge in [-0.15, -0.1) is 0 Å². The standard InChI is InChI=1S/C22H31N5O2/c1-14-11-20(15(2)26(14)18-7-9-29-10-8-18)22(28)27(17-3-4-17)19-5-6-21-16(12-19)13-25(23)24-21/h11,13,17-19H,3-10,12,23H2,1-2H3. The first kappa shape index (κ1) is 18.7. The summed E-state index contributed by atoms with van der Waals surface area (Å²) in [5, 5.41) is 4.37. The predicted octanol–water partition coefficient (Wildman–Crippen LogP) is 2.53. The molecule has 1 saturated heterocycles. The highest BCUT2D eigenvalue weighted by atomic mass is 16.5. The van der Waals surface area contributed by atoms with E-state index in [0.717, 1.165) is 75.1 Å². The number of aromatic nitrogens is 3. The van der Waals surface area contributed by atoms with Crippen LogP contribution in [0.1, 0.15) is 71.1 Å². The number of hydrogen-bond acceptors (Lipinski definition) is 4.